The molecule has 0 bridgehead atoms. The molecule has 4 nitrogen and oxygen atoms in total. The second kappa shape index (κ2) is 16.5. The lowest BCUT2D eigenvalue weighted by Crippen LogP contribution is -2.13. The zero-order valence-electron chi connectivity index (χ0n) is 43.9. The first-order valence-corrected chi connectivity index (χ1v) is 25.9. The molecule has 0 amide bonds. The highest BCUT2D eigenvalue weighted by molar-refractivity contribution is 6.30. The summed E-state index contributed by atoms with van der Waals surface area (Å²) >= 11 is 0. The van der Waals surface area contributed by atoms with Gasteiger partial charge in [0, 0.05) is 54.8 Å². The minimum Gasteiger partial charge on any atom is -0.454 e. The second-order valence-electron chi connectivity index (χ2n) is 23.1. The summed E-state index contributed by atoms with van der Waals surface area (Å²) in [5.74, 6) is 0.477. The molecule has 2 aromatic heterocycles. The summed E-state index contributed by atoms with van der Waals surface area (Å²) in [6, 6.07) is 58.8. The number of hydrogen-bond donors (Lipinski definition) is 0. The van der Waals surface area contributed by atoms with Gasteiger partial charge in [0.05, 0.1) is 22.7 Å². The number of hydrogen-bond acceptors (Lipinski definition) is 4. The molecule has 0 radical (unpaired) electrons. The molecule has 10 aromatic carbocycles. The van der Waals surface area contributed by atoms with E-state index in [0.717, 1.165) is 78.0 Å². The van der Waals surface area contributed by atoms with Crippen LogP contribution in [0.5, 0.6) is 0 Å². The Bertz CT molecular complexity index is 3810. The monoisotopic (exact) mass is 940 g/mol. The van der Waals surface area contributed by atoms with Gasteiger partial charge in [-0.1, -0.05) is 166 Å². The minimum absolute atomic E-state index is 0.104. The molecule has 0 unspecified atom stereocenters. The molecule has 12 aromatic rings. The maximum Gasteiger partial charge on any atom is 0.159 e. The van der Waals surface area contributed by atoms with Crippen LogP contribution in [-0.2, 0) is 10.8 Å². The van der Waals surface area contributed by atoms with Crippen LogP contribution in [0.2, 0.25) is 0 Å². The Hall–Kier alpha value is -7.56. The second-order valence-corrected chi connectivity index (χ2v) is 23.1. The van der Waals surface area contributed by atoms with Crippen molar-refractivity contribution in [3.05, 3.63) is 191 Å². The first-order chi connectivity index (χ1) is 34.5. The van der Waals surface area contributed by atoms with Crippen LogP contribution < -0.4 is 9.80 Å². The molecule has 0 fully saturated rings. The summed E-state index contributed by atoms with van der Waals surface area (Å²) in [5, 5.41) is 12.1. The molecule has 0 aliphatic heterocycles. The fourth-order valence-electron chi connectivity index (χ4n) is 11.8. The van der Waals surface area contributed by atoms with Crippen LogP contribution in [0.4, 0.5) is 34.1 Å². The number of para-hydroxylation sites is 4. The lowest BCUT2D eigenvalue weighted by Gasteiger charge is -2.31. The number of furan rings is 2. The van der Waals surface area contributed by atoms with Crippen LogP contribution in [-0.4, -0.2) is 0 Å². The molecule has 0 aliphatic rings. The maximum absolute atomic E-state index is 7.21. The summed E-state index contributed by atoms with van der Waals surface area (Å²) in [6.45, 7) is 27.4. The highest BCUT2D eigenvalue weighted by atomic mass is 16.3. The Morgan fingerprint density at radius 2 is 0.722 bits per heavy atom. The van der Waals surface area contributed by atoms with Crippen LogP contribution in [0.3, 0.4) is 0 Å². The highest BCUT2D eigenvalue weighted by Crippen LogP contribution is 2.53. The van der Waals surface area contributed by atoms with Crippen molar-refractivity contribution in [3.63, 3.8) is 0 Å². The molecule has 2 heterocycles. The number of aryl methyl sites for hydroxylation is 2. The third-order valence-corrected chi connectivity index (χ3v) is 15.2. The van der Waals surface area contributed by atoms with E-state index in [0.29, 0.717) is 0 Å². The van der Waals surface area contributed by atoms with E-state index in [1.54, 1.807) is 0 Å². The van der Waals surface area contributed by atoms with Gasteiger partial charge in [0.2, 0.25) is 0 Å². The molecule has 0 spiro atoms. The third kappa shape index (κ3) is 7.08. The molecule has 72 heavy (non-hydrogen) atoms. The standard InChI is InChI=1S/C68H64N2O2/c1-39(2)51-37-59(69(43-21-15-13-16-22-43)57-27-19-25-47-53-33-41(5)35-55(67(7,8)9)63(53)71-65(47)57)49-32-30-46-52(40(3)4)38-60(50-31-29-45(51)61(49)62(46)50)70(44-23-17-14-18-24-44)58-28-20-26-48-54-34-42(6)36-56(68(10,11)12)64(54)72-66(48)58/h13-40H,1-12H3. The zero-order chi connectivity index (χ0) is 50.1. The summed E-state index contributed by atoms with van der Waals surface area (Å²) in [7, 11) is 0. The van der Waals surface area contributed by atoms with Crippen molar-refractivity contribution < 1.29 is 8.83 Å². The van der Waals surface area contributed by atoms with Crippen molar-refractivity contribution in [2.24, 2.45) is 0 Å². The van der Waals surface area contributed by atoms with Crippen molar-refractivity contribution in [2.45, 2.75) is 106 Å². The van der Waals surface area contributed by atoms with Gasteiger partial charge in [0.1, 0.15) is 11.2 Å². The van der Waals surface area contributed by atoms with E-state index >= 15 is 0 Å². The van der Waals surface area contributed by atoms with Crippen molar-refractivity contribution in [1.29, 1.82) is 0 Å². The normalized spacial score (nSPS) is 12.7. The van der Waals surface area contributed by atoms with Gasteiger partial charge in [-0.3, -0.25) is 0 Å². The topological polar surface area (TPSA) is 32.8 Å². The molecule has 0 atom stereocenters. The van der Waals surface area contributed by atoms with Crippen molar-refractivity contribution >= 4 is 110 Å². The van der Waals surface area contributed by atoms with Gasteiger partial charge in [-0.25, -0.2) is 0 Å². The Labute approximate surface area is 423 Å². The first kappa shape index (κ1) is 45.6. The molecule has 0 aliphatic carbocycles. The average molecular weight is 941 g/mol. The lowest BCUT2D eigenvalue weighted by atomic mass is 9.84. The number of fused-ring (bicyclic) bond motifs is 6. The fourth-order valence-corrected chi connectivity index (χ4v) is 11.8. The number of rotatable bonds is 8. The fraction of sp³-hybridized carbons (Fsp3) is 0.235. The van der Waals surface area contributed by atoms with Gasteiger partial charge in [0.25, 0.3) is 0 Å². The van der Waals surface area contributed by atoms with E-state index in [2.05, 4.69) is 251 Å². The molecule has 4 heteroatoms. The van der Waals surface area contributed by atoms with Gasteiger partial charge >= 0.3 is 0 Å². The lowest BCUT2D eigenvalue weighted by molar-refractivity contribution is 0.572. The summed E-state index contributed by atoms with van der Waals surface area (Å²) in [4.78, 5) is 4.92. The van der Waals surface area contributed by atoms with Crippen LogP contribution in [0.1, 0.15) is 114 Å². The predicted octanol–water partition coefficient (Wildman–Crippen LogP) is 20.8. The molecular formula is C68H64N2O2. The number of anilines is 6. The van der Waals surface area contributed by atoms with E-state index in [1.807, 2.05) is 0 Å². The van der Waals surface area contributed by atoms with E-state index in [-0.39, 0.29) is 22.7 Å². The van der Waals surface area contributed by atoms with E-state index in [1.165, 1.54) is 65.7 Å². The third-order valence-electron chi connectivity index (χ3n) is 15.2. The van der Waals surface area contributed by atoms with Crippen LogP contribution in [0, 0.1) is 13.8 Å². The highest BCUT2D eigenvalue weighted by Gasteiger charge is 2.30. The van der Waals surface area contributed by atoms with Crippen molar-refractivity contribution in [1.82, 2.24) is 0 Å². The number of nitrogens with zero attached hydrogens (tertiary/aromatic N) is 2. The molecule has 0 N–H and O–H groups in total. The van der Waals surface area contributed by atoms with Gasteiger partial charge in [0.15, 0.2) is 11.2 Å². The zero-order valence-corrected chi connectivity index (χ0v) is 43.9. The van der Waals surface area contributed by atoms with Crippen molar-refractivity contribution in [3.8, 4) is 0 Å². The Morgan fingerprint density at radius 3 is 1.08 bits per heavy atom. The molecule has 0 saturated heterocycles. The minimum atomic E-state index is -0.104. The smallest absolute Gasteiger partial charge is 0.159 e. The van der Waals surface area contributed by atoms with Gasteiger partial charge in [-0.2, -0.15) is 0 Å². The Balaban J connectivity index is 1.19. The van der Waals surface area contributed by atoms with Crippen LogP contribution in [0.25, 0.3) is 76.2 Å². The Kier molecular flexibility index (Phi) is 10.4. The van der Waals surface area contributed by atoms with E-state index in [9.17, 15) is 0 Å². The van der Waals surface area contributed by atoms with Crippen LogP contribution >= 0.6 is 0 Å². The quantitative estimate of drug-likeness (QED) is 0.142. The molecule has 358 valence electrons. The average Bonchev–Trinajstić information content (AvgIpc) is 3.92. The van der Waals surface area contributed by atoms with Crippen LogP contribution in [0.15, 0.2) is 167 Å². The Morgan fingerprint density at radius 1 is 0.347 bits per heavy atom. The summed E-state index contributed by atoms with van der Waals surface area (Å²) in [6.07, 6.45) is 0. The van der Waals surface area contributed by atoms with Gasteiger partial charge < -0.3 is 18.6 Å². The molecular weight excluding hydrogens is 877 g/mol. The van der Waals surface area contributed by atoms with E-state index in [4.69, 9.17) is 8.83 Å². The summed E-state index contributed by atoms with van der Waals surface area (Å²) < 4.78 is 14.4. The SMILES string of the molecule is Cc1cc(C(C)(C)C)c2oc3c(N(c4ccccc4)c4cc(C(C)C)c5ccc6c(N(c7ccccc7)c7cccc8c7oc7c(C(C)(C)C)cc(C)cc78)cc(C(C)C)c7ccc4c5c76)cccc3c2c1. The van der Waals surface area contributed by atoms with Gasteiger partial charge in [-0.05, 0) is 141 Å². The number of benzene rings is 10. The van der Waals surface area contributed by atoms with E-state index < -0.39 is 0 Å². The van der Waals surface area contributed by atoms with Gasteiger partial charge in [-0.15, -0.1) is 0 Å². The largest absolute Gasteiger partial charge is 0.454 e. The summed E-state index contributed by atoms with van der Waals surface area (Å²) in [5.41, 5.74) is 17.4. The molecule has 12 rings (SSSR count). The molecule has 0 saturated carbocycles. The maximum atomic E-state index is 7.21. The predicted molar refractivity (Wildman–Crippen MR) is 309 cm³/mol. The van der Waals surface area contributed by atoms with Crippen molar-refractivity contribution in [2.75, 3.05) is 9.80 Å². The first-order valence-electron chi connectivity index (χ1n) is 25.9.